The Morgan fingerprint density at radius 3 is 2.38 bits per heavy atom. The van der Waals surface area contributed by atoms with Crippen molar-refractivity contribution in [1.29, 1.82) is 0 Å². The molecular formula is C18H28ClN3O2. The number of hydrogen-bond acceptors (Lipinski definition) is 3. The van der Waals surface area contributed by atoms with Gasteiger partial charge in [-0.25, -0.2) is 0 Å². The van der Waals surface area contributed by atoms with E-state index in [1.807, 2.05) is 7.05 Å². The lowest BCUT2D eigenvalue weighted by atomic mass is 9.95. The molecular weight excluding hydrogens is 326 g/mol. The van der Waals surface area contributed by atoms with Gasteiger partial charge in [-0.05, 0) is 57.1 Å². The maximum absolute atomic E-state index is 12.2. The van der Waals surface area contributed by atoms with Gasteiger partial charge in [-0.3, -0.25) is 9.59 Å². The minimum Gasteiger partial charge on any atom is -0.349 e. The number of benzene rings is 1. The van der Waals surface area contributed by atoms with E-state index in [-0.39, 0.29) is 24.2 Å². The van der Waals surface area contributed by atoms with Crippen LogP contribution in [0.15, 0.2) is 24.3 Å². The van der Waals surface area contributed by atoms with Crippen molar-refractivity contribution in [2.24, 2.45) is 0 Å². The molecule has 0 unspecified atom stereocenters. The number of halogens is 1. The van der Waals surface area contributed by atoms with E-state index in [0.29, 0.717) is 18.0 Å². The predicted molar refractivity (Wildman–Crippen MR) is 99.8 cm³/mol. The normalized spacial score (nSPS) is 14.5. The van der Waals surface area contributed by atoms with E-state index in [4.69, 9.17) is 0 Å². The van der Waals surface area contributed by atoms with Gasteiger partial charge in [-0.15, -0.1) is 12.4 Å². The van der Waals surface area contributed by atoms with Crippen LogP contribution in [0.5, 0.6) is 0 Å². The molecule has 0 spiro atoms. The summed E-state index contributed by atoms with van der Waals surface area (Å²) < 4.78 is 0. The van der Waals surface area contributed by atoms with Gasteiger partial charge in [0.05, 0.1) is 0 Å². The molecule has 1 saturated carbocycles. The lowest BCUT2D eigenvalue weighted by molar-refractivity contribution is -0.116. The van der Waals surface area contributed by atoms with Crippen molar-refractivity contribution in [3.8, 4) is 0 Å². The molecule has 0 heterocycles. The van der Waals surface area contributed by atoms with Crippen LogP contribution in [0.1, 0.15) is 55.3 Å². The third-order valence-electron chi connectivity index (χ3n) is 4.20. The summed E-state index contributed by atoms with van der Waals surface area (Å²) >= 11 is 0. The van der Waals surface area contributed by atoms with E-state index in [0.717, 1.165) is 31.5 Å². The zero-order valence-electron chi connectivity index (χ0n) is 14.3. The molecule has 0 aliphatic heterocycles. The zero-order chi connectivity index (χ0) is 16.5. The summed E-state index contributed by atoms with van der Waals surface area (Å²) in [6.45, 7) is 0.827. The molecule has 2 rings (SSSR count). The maximum Gasteiger partial charge on any atom is 0.251 e. The van der Waals surface area contributed by atoms with Crippen LogP contribution in [0, 0.1) is 0 Å². The summed E-state index contributed by atoms with van der Waals surface area (Å²) in [5.41, 5.74) is 1.37. The molecule has 134 valence electrons. The van der Waals surface area contributed by atoms with Crippen LogP contribution < -0.4 is 16.0 Å². The van der Waals surface area contributed by atoms with Crippen LogP contribution >= 0.6 is 12.4 Å². The van der Waals surface area contributed by atoms with Gasteiger partial charge in [0.15, 0.2) is 0 Å². The fraction of sp³-hybridized carbons (Fsp3) is 0.556. The van der Waals surface area contributed by atoms with E-state index >= 15 is 0 Å². The fourth-order valence-electron chi connectivity index (χ4n) is 2.87. The van der Waals surface area contributed by atoms with Crippen LogP contribution in [0.3, 0.4) is 0 Å². The first-order chi connectivity index (χ1) is 11.2. The average molecular weight is 354 g/mol. The van der Waals surface area contributed by atoms with Crippen molar-refractivity contribution in [2.45, 2.75) is 51.0 Å². The number of hydrogen-bond donors (Lipinski definition) is 3. The monoisotopic (exact) mass is 353 g/mol. The molecule has 0 saturated heterocycles. The predicted octanol–water partition coefficient (Wildman–Crippen LogP) is 3.11. The number of anilines is 1. The third-order valence-corrected chi connectivity index (χ3v) is 4.20. The lowest BCUT2D eigenvalue weighted by Crippen LogP contribution is -2.36. The number of carbonyl (C=O) groups excluding carboxylic acids is 2. The molecule has 1 fully saturated rings. The van der Waals surface area contributed by atoms with Crippen LogP contribution in [-0.4, -0.2) is 31.4 Å². The first kappa shape index (κ1) is 20.5. The smallest absolute Gasteiger partial charge is 0.251 e. The Bertz CT molecular complexity index is 514. The molecule has 0 aromatic heterocycles. The fourth-order valence-corrected chi connectivity index (χ4v) is 2.87. The Hall–Kier alpha value is -1.59. The maximum atomic E-state index is 12.2. The van der Waals surface area contributed by atoms with Gasteiger partial charge < -0.3 is 16.0 Å². The summed E-state index contributed by atoms with van der Waals surface area (Å²) in [6.07, 6.45) is 7.12. The first-order valence-electron chi connectivity index (χ1n) is 8.54. The Balaban J connectivity index is 0.00000288. The highest BCUT2D eigenvalue weighted by Gasteiger charge is 2.16. The van der Waals surface area contributed by atoms with Crippen molar-refractivity contribution in [3.63, 3.8) is 0 Å². The van der Waals surface area contributed by atoms with Crippen molar-refractivity contribution in [3.05, 3.63) is 29.8 Å². The molecule has 1 aromatic rings. The van der Waals surface area contributed by atoms with Crippen LogP contribution in [-0.2, 0) is 4.79 Å². The quantitative estimate of drug-likeness (QED) is 0.659. The van der Waals surface area contributed by atoms with Crippen molar-refractivity contribution in [2.75, 3.05) is 18.9 Å². The molecule has 0 bridgehead atoms. The van der Waals surface area contributed by atoms with Gasteiger partial charge >= 0.3 is 0 Å². The Kier molecular flexibility index (Phi) is 9.42. The molecule has 0 atom stereocenters. The van der Waals surface area contributed by atoms with E-state index in [9.17, 15) is 9.59 Å². The highest BCUT2D eigenvalue weighted by Crippen LogP contribution is 2.18. The molecule has 1 aliphatic rings. The second-order valence-electron chi connectivity index (χ2n) is 6.14. The van der Waals surface area contributed by atoms with Crippen LogP contribution in [0.2, 0.25) is 0 Å². The summed E-state index contributed by atoms with van der Waals surface area (Å²) in [6, 6.07) is 7.41. The van der Waals surface area contributed by atoms with Gasteiger partial charge in [-0.2, -0.15) is 0 Å². The summed E-state index contributed by atoms with van der Waals surface area (Å²) in [5.74, 6) is -0.0246. The highest BCUT2D eigenvalue weighted by atomic mass is 35.5. The topological polar surface area (TPSA) is 70.2 Å². The first-order valence-corrected chi connectivity index (χ1v) is 8.54. The van der Waals surface area contributed by atoms with Gasteiger partial charge in [0.2, 0.25) is 5.91 Å². The molecule has 0 radical (unpaired) electrons. The summed E-state index contributed by atoms with van der Waals surface area (Å²) in [4.78, 5) is 24.0. The highest BCUT2D eigenvalue weighted by molar-refractivity contribution is 5.96. The largest absolute Gasteiger partial charge is 0.349 e. The van der Waals surface area contributed by atoms with Gasteiger partial charge in [-0.1, -0.05) is 19.3 Å². The van der Waals surface area contributed by atoms with Gasteiger partial charge in [0.1, 0.15) is 0 Å². The molecule has 5 nitrogen and oxygen atoms in total. The van der Waals surface area contributed by atoms with E-state index in [1.165, 1.54) is 19.3 Å². The molecule has 24 heavy (non-hydrogen) atoms. The molecule has 1 aliphatic carbocycles. The standard InChI is InChI=1S/C18H27N3O2.ClH/c1-19-13-5-8-17(22)20-16-11-9-14(10-12-16)18(23)21-15-6-3-2-4-7-15;/h9-12,15,19H,2-8,13H2,1H3,(H,20,22)(H,21,23);1H. The van der Waals surface area contributed by atoms with E-state index in [2.05, 4.69) is 16.0 Å². The van der Waals surface area contributed by atoms with E-state index in [1.54, 1.807) is 24.3 Å². The van der Waals surface area contributed by atoms with E-state index < -0.39 is 0 Å². The minimum absolute atomic E-state index is 0. The van der Waals surface area contributed by atoms with Crippen molar-refractivity contribution in [1.82, 2.24) is 10.6 Å². The Labute approximate surface area is 150 Å². The number of nitrogens with one attached hydrogen (secondary N) is 3. The van der Waals surface area contributed by atoms with Crippen molar-refractivity contribution >= 4 is 29.9 Å². The zero-order valence-corrected chi connectivity index (χ0v) is 15.1. The molecule has 3 N–H and O–H groups in total. The minimum atomic E-state index is -0.0243. The van der Waals surface area contributed by atoms with Crippen LogP contribution in [0.4, 0.5) is 5.69 Å². The second kappa shape index (κ2) is 11.0. The van der Waals surface area contributed by atoms with Gasteiger partial charge in [0.25, 0.3) is 5.91 Å². The van der Waals surface area contributed by atoms with Gasteiger partial charge in [0, 0.05) is 23.7 Å². The van der Waals surface area contributed by atoms with Crippen molar-refractivity contribution < 1.29 is 9.59 Å². The lowest BCUT2D eigenvalue weighted by Gasteiger charge is -2.22. The molecule has 2 amide bonds. The number of amides is 2. The molecule has 6 heteroatoms. The van der Waals surface area contributed by atoms with Crippen LogP contribution in [0.25, 0.3) is 0 Å². The second-order valence-corrected chi connectivity index (χ2v) is 6.14. The number of carbonyl (C=O) groups is 2. The SMILES string of the molecule is CNCCCC(=O)Nc1ccc(C(=O)NC2CCCCC2)cc1.Cl. The average Bonchev–Trinajstić information content (AvgIpc) is 2.56. The number of rotatable bonds is 7. The summed E-state index contributed by atoms with van der Waals surface area (Å²) in [7, 11) is 1.87. The Morgan fingerprint density at radius 1 is 1.08 bits per heavy atom. The molecule has 1 aromatic carbocycles. The Morgan fingerprint density at radius 2 is 1.75 bits per heavy atom. The third kappa shape index (κ3) is 6.89. The summed E-state index contributed by atoms with van der Waals surface area (Å²) in [5, 5.41) is 8.96.